The predicted molar refractivity (Wildman–Crippen MR) is 128 cm³/mol. The Labute approximate surface area is 187 Å². The molecule has 0 aliphatic carbocycles. The zero-order valence-corrected chi connectivity index (χ0v) is 20.8. The van der Waals surface area contributed by atoms with Gasteiger partial charge in [0.2, 0.25) is 0 Å². The quantitative estimate of drug-likeness (QED) is 0.327. The Morgan fingerprint density at radius 2 is 1.93 bits per heavy atom. The molecule has 1 aromatic carbocycles. The van der Waals surface area contributed by atoms with Crippen LogP contribution in [0.25, 0.3) is 0 Å². The maximum atomic E-state index is 11.9. The Balaban J connectivity index is 0.00000392. The van der Waals surface area contributed by atoms with Crippen LogP contribution < -0.4 is 10.6 Å². The van der Waals surface area contributed by atoms with Crippen molar-refractivity contribution in [3.05, 3.63) is 35.9 Å². The van der Waals surface area contributed by atoms with Gasteiger partial charge in [0.15, 0.2) is 15.8 Å². The summed E-state index contributed by atoms with van der Waals surface area (Å²) in [5.74, 6) is 0.688. The van der Waals surface area contributed by atoms with Gasteiger partial charge in [0.05, 0.1) is 11.3 Å². The minimum atomic E-state index is -3.16. The number of benzene rings is 1. The molecule has 160 valence electrons. The molecule has 0 radical (unpaired) electrons. The van der Waals surface area contributed by atoms with Crippen molar-refractivity contribution < 1.29 is 8.42 Å². The van der Waals surface area contributed by atoms with Gasteiger partial charge in [0.1, 0.15) is 0 Å². The zero-order chi connectivity index (χ0) is 20.1. The maximum absolute atomic E-state index is 11.9. The van der Waals surface area contributed by atoms with E-state index in [9.17, 15) is 8.42 Å². The summed E-state index contributed by atoms with van der Waals surface area (Å²) in [5, 5.41) is 6.73. The number of nitrogens with zero attached hydrogens (tertiary/aromatic N) is 2. The molecule has 0 bridgehead atoms. The van der Waals surface area contributed by atoms with E-state index in [0.29, 0.717) is 18.0 Å². The highest BCUT2D eigenvalue weighted by Gasteiger charge is 2.31. The molecule has 2 unspecified atom stereocenters. The lowest BCUT2D eigenvalue weighted by Crippen LogP contribution is -2.45. The fraction of sp³-hybridized carbons (Fsp3) is 0.650. The number of likely N-dealkylation sites (tertiary alicyclic amines) is 1. The van der Waals surface area contributed by atoms with Crippen LogP contribution in [0.4, 0.5) is 0 Å². The van der Waals surface area contributed by atoms with Crippen LogP contribution >= 0.6 is 24.0 Å². The molecule has 1 aliphatic rings. The van der Waals surface area contributed by atoms with Crippen molar-refractivity contribution in [1.82, 2.24) is 15.5 Å². The second-order valence-electron chi connectivity index (χ2n) is 8.07. The molecule has 1 fully saturated rings. The van der Waals surface area contributed by atoms with Gasteiger partial charge < -0.3 is 10.6 Å². The summed E-state index contributed by atoms with van der Waals surface area (Å²) >= 11 is 0. The van der Waals surface area contributed by atoms with E-state index in [2.05, 4.69) is 51.7 Å². The van der Waals surface area contributed by atoms with Gasteiger partial charge in [-0.3, -0.25) is 9.89 Å². The van der Waals surface area contributed by atoms with Crippen molar-refractivity contribution in [2.45, 2.75) is 57.5 Å². The van der Waals surface area contributed by atoms with Gasteiger partial charge in [-0.2, -0.15) is 0 Å². The topological polar surface area (TPSA) is 73.8 Å². The number of halogens is 1. The Morgan fingerprint density at radius 3 is 2.50 bits per heavy atom. The van der Waals surface area contributed by atoms with Gasteiger partial charge in [-0.1, -0.05) is 30.3 Å². The molecule has 0 saturated carbocycles. The number of hydrogen-bond donors (Lipinski definition) is 2. The highest BCUT2D eigenvalue weighted by atomic mass is 127. The molecule has 2 N–H and O–H groups in total. The minimum absolute atomic E-state index is 0. The number of hydrogen-bond acceptors (Lipinski definition) is 4. The van der Waals surface area contributed by atoms with Gasteiger partial charge in [-0.05, 0) is 39.7 Å². The third kappa shape index (κ3) is 7.18. The van der Waals surface area contributed by atoms with Gasteiger partial charge in [0, 0.05) is 38.0 Å². The average molecular weight is 522 g/mol. The molecule has 2 rings (SSSR count). The summed E-state index contributed by atoms with van der Waals surface area (Å²) in [4.78, 5) is 7.02. The van der Waals surface area contributed by atoms with Crippen LogP contribution in [0.3, 0.4) is 0 Å². The van der Waals surface area contributed by atoms with Crippen molar-refractivity contribution >= 4 is 39.8 Å². The molecule has 6 nitrogen and oxygen atoms in total. The third-order valence-corrected chi connectivity index (χ3v) is 7.38. The van der Waals surface area contributed by atoms with Crippen LogP contribution in [0.15, 0.2) is 35.3 Å². The highest BCUT2D eigenvalue weighted by Crippen LogP contribution is 2.20. The van der Waals surface area contributed by atoms with Crippen LogP contribution in [0.2, 0.25) is 0 Å². The molecule has 8 heteroatoms. The second-order valence-corrected chi connectivity index (χ2v) is 10.7. The molecule has 0 spiro atoms. The number of sulfone groups is 1. The minimum Gasteiger partial charge on any atom is -0.357 e. The zero-order valence-electron chi connectivity index (χ0n) is 17.6. The van der Waals surface area contributed by atoms with Gasteiger partial charge >= 0.3 is 0 Å². The smallest absolute Gasteiger partial charge is 0.191 e. The molecular formula is C20H35IN4O2S. The molecule has 28 heavy (non-hydrogen) atoms. The number of nitrogens with one attached hydrogen (secondary N) is 2. The van der Waals surface area contributed by atoms with E-state index in [1.54, 1.807) is 13.8 Å². The molecule has 1 saturated heterocycles. The SMILES string of the molecule is CCNC(=NCC(C)(C)S(C)(=O)=O)NC1CC(C)N(Cc2ccccc2)C1.I. The Hall–Kier alpha value is -0.870. The Morgan fingerprint density at radius 1 is 1.29 bits per heavy atom. The first-order valence-corrected chi connectivity index (χ1v) is 11.5. The van der Waals surface area contributed by atoms with E-state index >= 15 is 0 Å². The van der Waals surface area contributed by atoms with E-state index in [1.165, 1.54) is 11.8 Å². The molecular weight excluding hydrogens is 487 g/mol. The first kappa shape index (κ1) is 25.2. The Bertz CT molecular complexity index is 738. The van der Waals surface area contributed by atoms with Crippen LogP contribution in [0, 0.1) is 0 Å². The number of aliphatic imine (C=N–C) groups is 1. The maximum Gasteiger partial charge on any atom is 0.191 e. The third-order valence-electron chi connectivity index (χ3n) is 5.24. The van der Waals surface area contributed by atoms with Gasteiger partial charge in [-0.25, -0.2) is 8.42 Å². The van der Waals surface area contributed by atoms with Gasteiger partial charge in [0.25, 0.3) is 0 Å². The summed E-state index contributed by atoms with van der Waals surface area (Å²) < 4.78 is 22.9. The molecule has 1 aliphatic heterocycles. The summed E-state index contributed by atoms with van der Waals surface area (Å²) in [7, 11) is -3.16. The lowest BCUT2D eigenvalue weighted by atomic mass is 10.2. The van der Waals surface area contributed by atoms with Crippen molar-refractivity contribution in [2.75, 3.05) is 25.9 Å². The van der Waals surface area contributed by atoms with E-state index in [-0.39, 0.29) is 30.5 Å². The standard InChI is InChI=1S/C20H34N4O2S.HI/c1-6-21-19(22-15-20(3,4)27(5,25)26)23-18-12-16(2)24(14-18)13-17-10-8-7-9-11-17;/h7-11,16,18H,6,12-15H2,1-5H3,(H2,21,22,23);1H. The van der Waals surface area contributed by atoms with E-state index in [0.717, 1.165) is 26.1 Å². The Kier molecular flexibility index (Phi) is 9.69. The second kappa shape index (κ2) is 10.8. The summed E-state index contributed by atoms with van der Waals surface area (Å²) in [6.07, 6.45) is 2.30. The molecule has 1 heterocycles. The molecule has 0 amide bonds. The number of rotatable bonds is 7. The van der Waals surface area contributed by atoms with E-state index in [1.807, 2.05) is 13.0 Å². The van der Waals surface area contributed by atoms with E-state index in [4.69, 9.17) is 0 Å². The van der Waals surface area contributed by atoms with Crippen LogP contribution in [-0.2, 0) is 16.4 Å². The van der Waals surface area contributed by atoms with Crippen molar-refractivity contribution in [3.8, 4) is 0 Å². The van der Waals surface area contributed by atoms with Crippen LogP contribution in [0.1, 0.15) is 39.7 Å². The largest absolute Gasteiger partial charge is 0.357 e. The molecule has 1 aromatic rings. The molecule has 0 aromatic heterocycles. The lowest BCUT2D eigenvalue weighted by Gasteiger charge is -2.23. The number of guanidine groups is 1. The summed E-state index contributed by atoms with van der Waals surface area (Å²) in [6, 6.07) is 11.3. The van der Waals surface area contributed by atoms with Crippen molar-refractivity contribution in [2.24, 2.45) is 4.99 Å². The summed E-state index contributed by atoms with van der Waals surface area (Å²) in [6.45, 7) is 10.5. The predicted octanol–water partition coefficient (Wildman–Crippen LogP) is 2.65. The normalized spacial score (nSPS) is 21.2. The first-order valence-electron chi connectivity index (χ1n) is 9.65. The van der Waals surface area contributed by atoms with Crippen molar-refractivity contribution in [3.63, 3.8) is 0 Å². The van der Waals surface area contributed by atoms with Gasteiger partial charge in [-0.15, -0.1) is 24.0 Å². The van der Waals surface area contributed by atoms with Crippen molar-refractivity contribution in [1.29, 1.82) is 0 Å². The molecule has 2 atom stereocenters. The fourth-order valence-electron chi connectivity index (χ4n) is 3.14. The monoisotopic (exact) mass is 522 g/mol. The average Bonchev–Trinajstić information content (AvgIpc) is 2.92. The lowest BCUT2D eigenvalue weighted by molar-refractivity contribution is 0.258. The van der Waals surface area contributed by atoms with E-state index < -0.39 is 14.6 Å². The van der Waals surface area contributed by atoms with Crippen LogP contribution in [0.5, 0.6) is 0 Å². The highest BCUT2D eigenvalue weighted by molar-refractivity contribution is 14.0. The fourth-order valence-corrected chi connectivity index (χ4v) is 3.44. The summed E-state index contributed by atoms with van der Waals surface area (Å²) in [5.41, 5.74) is 1.32. The first-order chi connectivity index (χ1) is 12.6. The van der Waals surface area contributed by atoms with Crippen LogP contribution in [-0.4, -0.2) is 62.0 Å².